The topological polar surface area (TPSA) is 71.1 Å². The van der Waals surface area contributed by atoms with Crippen LogP contribution in [0.3, 0.4) is 0 Å². The molecular weight excluding hydrogens is 346 g/mol. The second-order valence-corrected chi connectivity index (χ2v) is 6.75. The molecule has 2 aromatic heterocycles. The molecular formula is C17H14ClN3O2S. The van der Waals surface area contributed by atoms with Gasteiger partial charge in [0.05, 0.1) is 32.5 Å². The molecule has 0 bridgehead atoms. The lowest BCUT2D eigenvalue weighted by Gasteiger charge is -2.09. The first kappa shape index (κ1) is 16.4. The van der Waals surface area contributed by atoms with Gasteiger partial charge in [0, 0.05) is 12.4 Å². The summed E-state index contributed by atoms with van der Waals surface area (Å²) >= 11 is 7.40. The van der Waals surface area contributed by atoms with Gasteiger partial charge in [-0.05, 0) is 24.3 Å². The Hall–Kier alpha value is -2.44. The summed E-state index contributed by atoms with van der Waals surface area (Å²) in [5, 5.41) is 5.83. The van der Waals surface area contributed by atoms with E-state index in [0.717, 1.165) is 10.3 Å². The van der Waals surface area contributed by atoms with Crippen molar-refractivity contribution in [1.82, 2.24) is 15.6 Å². The van der Waals surface area contributed by atoms with Crippen LogP contribution in [0.1, 0.15) is 10.4 Å². The van der Waals surface area contributed by atoms with Crippen LogP contribution in [0.15, 0.2) is 42.5 Å². The van der Waals surface area contributed by atoms with Crippen LogP contribution >= 0.6 is 22.9 Å². The molecule has 3 aromatic rings. The Morgan fingerprint density at radius 2 is 2.00 bits per heavy atom. The minimum absolute atomic E-state index is 0.0772. The lowest BCUT2D eigenvalue weighted by molar-refractivity contribution is -0.119. The van der Waals surface area contributed by atoms with Gasteiger partial charge in [-0.3, -0.25) is 9.59 Å². The number of rotatable bonds is 4. The molecule has 1 aromatic carbocycles. The molecule has 5 nitrogen and oxygen atoms in total. The number of nitrogens with zero attached hydrogens (tertiary/aromatic N) is 1. The van der Waals surface area contributed by atoms with Crippen LogP contribution in [0.2, 0.25) is 4.34 Å². The number of para-hydroxylation sites is 1. The number of likely N-dealkylation sites (N-methyl/N-ethyl adjacent to an activating group) is 1. The molecule has 0 aliphatic rings. The standard InChI is InChI=1S/C17H14ClN3O2S/c1-19-16(22)9-20-17(23)11-8-13(14-6-7-15(18)24-14)21-12-5-3-2-4-10(11)12/h2-8H,9H2,1H3,(H,19,22)(H,20,23). The van der Waals surface area contributed by atoms with Crippen LogP contribution < -0.4 is 10.6 Å². The van der Waals surface area contributed by atoms with E-state index in [0.29, 0.717) is 21.1 Å². The number of carbonyl (C=O) groups excluding carboxylic acids is 2. The Morgan fingerprint density at radius 1 is 1.21 bits per heavy atom. The molecule has 2 N–H and O–H groups in total. The van der Waals surface area contributed by atoms with Crippen molar-refractivity contribution < 1.29 is 9.59 Å². The number of halogens is 1. The molecule has 2 heterocycles. The maximum Gasteiger partial charge on any atom is 0.252 e. The van der Waals surface area contributed by atoms with E-state index in [1.165, 1.54) is 18.4 Å². The van der Waals surface area contributed by atoms with E-state index in [4.69, 9.17) is 11.6 Å². The zero-order valence-corrected chi connectivity index (χ0v) is 14.4. The van der Waals surface area contributed by atoms with Crippen molar-refractivity contribution in [3.63, 3.8) is 0 Å². The Balaban J connectivity index is 2.04. The molecule has 2 amide bonds. The smallest absolute Gasteiger partial charge is 0.252 e. The molecule has 3 rings (SSSR count). The molecule has 0 radical (unpaired) electrons. The van der Waals surface area contributed by atoms with Gasteiger partial charge in [-0.25, -0.2) is 4.98 Å². The van der Waals surface area contributed by atoms with Crippen LogP contribution in [0.25, 0.3) is 21.5 Å². The first-order valence-electron chi connectivity index (χ1n) is 7.23. The van der Waals surface area contributed by atoms with Gasteiger partial charge in [0.1, 0.15) is 0 Å². The Morgan fingerprint density at radius 3 is 2.71 bits per heavy atom. The zero-order chi connectivity index (χ0) is 17.1. The minimum Gasteiger partial charge on any atom is -0.358 e. The van der Waals surface area contributed by atoms with Crippen LogP contribution in [-0.2, 0) is 4.79 Å². The second-order valence-electron chi connectivity index (χ2n) is 5.03. The highest BCUT2D eigenvalue weighted by Gasteiger charge is 2.15. The van der Waals surface area contributed by atoms with Gasteiger partial charge in [-0.2, -0.15) is 0 Å². The first-order chi connectivity index (χ1) is 11.6. The second kappa shape index (κ2) is 6.98. The van der Waals surface area contributed by atoms with Crippen LogP contribution in [0.5, 0.6) is 0 Å². The van der Waals surface area contributed by atoms with Gasteiger partial charge in [-0.15, -0.1) is 11.3 Å². The third-order valence-corrected chi connectivity index (χ3v) is 4.73. The van der Waals surface area contributed by atoms with Crippen molar-refractivity contribution in [1.29, 1.82) is 0 Å². The lowest BCUT2D eigenvalue weighted by Crippen LogP contribution is -2.35. The number of hydrogen-bond acceptors (Lipinski definition) is 4. The summed E-state index contributed by atoms with van der Waals surface area (Å²) in [6, 6.07) is 12.8. The fourth-order valence-corrected chi connectivity index (χ4v) is 3.29. The normalized spacial score (nSPS) is 10.6. The van der Waals surface area contributed by atoms with E-state index in [-0.39, 0.29) is 18.4 Å². The molecule has 0 aliphatic carbocycles. The van der Waals surface area contributed by atoms with Gasteiger partial charge in [0.15, 0.2) is 0 Å². The summed E-state index contributed by atoms with van der Waals surface area (Å²) in [6.45, 7) is -0.0772. The maximum atomic E-state index is 12.5. The summed E-state index contributed by atoms with van der Waals surface area (Å²) in [7, 11) is 1.52. The highest BCUT2D eigenvalue weighted by molar-refractivity contribution is 7.19. The number of amides is 2. The van der Waals surface area contributed by atoms with Gasteiger partial charge >= 0.3 is 0 Å². The van der Waals surface area contributed by atoms with E-state index in [2.05, 4.69) is 15.6 Å². The Kier molecular flexibility index (Phi) is 4.78. The largest absolute Gasteiger partial charge is 0.358 e. The van der Waals surface area contributed by atoms with E-state index < -0.39 is 0 Å². The number of nitrogens with one attached hydrogen (secondary N) is 2. The van der Waals surface area contributed by atoms with E-state index in [1.807, 2.05) is 30.3 Å². The molecule has 0 saturated heterocycles. The molecule has 7 heteroatoms. The van der Waals surface area contributed by atoms with E-state index >= 15 is 0 Å². The van der Waals surface area contributed by atoms with E-state index in [1.54, 1.807) is 12.1 Å². The summed E-state index contributed by atoms with van der Waals surface area (Å²) in [6.07, 6.45) is 0. The highest BCUT2D eigenvalue weighted by Crippen LogP contribution is 2.32. The predicted molar refractivity (Wildman–Crippen MR) is 96.5 cm³/mol. The Labute approximate surface area is 147 Å². The Bertz CT molecular complexity index is 923. The minimum atomic E-state index is -0.318. The molecule has 0 saturated carbocycles. The summed E-state index contributed by atoms with van der Waals surface area (Å²) < 4.78 is 0.658. The monoisotopic (exact) mass is 359 g/mol. The van der Waals surface area contributed by atoms with Crippen molar-refractivity contribution in [2.75, 3.05) is 13.6 Å². The number of thiophene rings is 1. The molecule has 122 valence electrons. The number of hydrogen-bond donors (Lipinski definition) is 2. The van der Waals surface area contributed by atoms with Crippen molar-refractivity contribution in [3.05, 3.63) is 52.4 Å². The summed E-state index contributed by atoms with van der Waals surface area (Å²) in [5.41, 5.74) is 1.87. The predicted octanol–water partition coefficient (Wildman–Crippen LogP) is 3.09. The molecule has 0 spiro atoms. The van der Waals surface area contributed by atoms with Crippen molar-refractivity contribution in [2.24, 2.45) is 0 Å². The third-order valence-electron chi connectivity index (χ3n) is 3.47. The number of pyridine rings is 1. The van der Waals surface area contributed by atoms with Gasteiger partial charge < -0.3 is 10.6 Å². The average Bonchev–Trinajstić information content (AvgIpc) is 3.04. The van der Waals surface area contributed by atoms with Crippen LogP contribution in [0.4, 0.5) is 0 Å². The molecule has 24 heavy (non-hydrogen) atoms. The fourth-order valence-electron chi connectivity index (χ4n) is 2.29. The van der Waals surface area contributed by atoms with Gasteiger partial charge in [0.25, 0.3) is 5.91 Å². The van der Waals surface area contributed by atoms with Crippen molar-refractivity contribution in [2.45, 2.75) is 0 Å². The van der Waals surface area contributed by atoms with Crippen molar-refractivity contribution in [3.8, 4) is 10.6 Å². The lowest BCUT2D eigenvalue weighted by atomic mass is 10.1. The third kappa shape index (κ3) is 3.39. The summed E-state index contributed by atoms with van der Waals surface area (Å²) in [4.78, 5) is 29.4. The molecule has 0 unspecified atom stereocenters. The molecule has 0 fully saturated rings. The molecule has 0 aliphatic heterocycles. The van der Waals surface area contributed by atoms with Gasteiger partial charge in [0.2, 0.25) is 5.91 Å². The maximum absolute atomic E-state index is 12.5. The van der Waals surface area contributed by atoms with E-state index in [9.17, 15) is 9.59 Å². The highest BCUT2D eigenvalue weighted by atomic mass is 35.5. The van der Waals surface area contributed by atoms with Crippen LogP contribution in [0, 0.1) is 0 Å². The zero-order valence-electron chi connectivity index (χ0n) is 12.8. The number of carbonyl (C=O) groups is 2. The molecule has 0 atom stereocenters. The number of aromatic nitrogens is 1. The van der Waals surface area contributed by atoms with Crippen LogP contribution in [-0.4, -0.2) is 30.4 Å². The van der Waals surface area contributed by atoms with Gasteiger partial charge in [-0.1, -0.05) is 29.8 Å². The summed E-state index contributed by atoms with van der Waals surface area (Å²) in [5.74, 6) is -0.576. The quantitative estimate of drug-likeness (QED) is 0.752. The number of benzene rings is 1. The first-order valence-corrected chi connectivity index (χ1v) is 8.42. The SMILES string of the molecule is CNC(=O)CNC(=O)c1cc(-c2ccc(Cl)s2)nc2ccccc12. The fraction of sp³-hybridized carbons (Fsp3) is 0.118. The number of fused-ring (bicyclic) bond motifs is 1. The average molecular weight is 360 g/mol. The van der Waals surface area contributed by atoms with Crippen molar-refractivity contribution >= 4 is 45.7 Å².